The SMILES string of the molecule is CCCNc1nc(C)nc(SC)c1C. The Bertz CT molecular complexity index is 312. The fraction of sp³-hybridized carbons (Fsp3) is 0.600. The van der Waals surface area contributed by atoms with Gasteiger partial charge in [0.2, 0.25) is 0 Å². The van der Waals surface area contributed by atoms with E-state index in [0.29, 0.717) is 0 Å². The lowest BCUT2D eigenvalue weighted by atomic mass is 10.3. The number of nitrogens with zero attached hydrogens (tertiary/aromatic N) is 2. The molecule has 14 heavy (non-hydrogen) atoms. The smallest absolute Gasteiger partial charge is 0.133 e. The van der Waals surface area contributed by atoms with Crippen LogP contribution in [0, 0.1) is 13.8 Å². The van der Waals surface area contributed by atoms with Crippen LogP contribution in [-0.2, 0) is 0 Å². The first-order valence-electron chi connectivity index (χ1n) is 4.82. The molecule has 1 rings (SSSR count). The zero-order chi connectivity index (χ0) is 10.6. The van der Waals surface area contributed by atoms with Crippen molar-refractivity contribution in [3.8, 4) is 0 Å². The minimum atomic E-state index is 0.832. The molecule has 0 unspecified atom stereocenters. The summed E-state index contributed by atoms with van der Waals surface area (Å²) in [5, 5.41) is 4.38. The minimum Gasteiger partial charge on any atom is -0.370 e. The maximum Gasteiger partial charge on any atom is 0.133 e. The normalized spacial score (nSPS) is 10.3. The number of rotatable bonds is 4. The van der Waals surface area contributed by atoms with E-state index in [0.717, 1.165) is 35.2 Å². The molecule has 0 saturated carbocycles. The zero-order valence-corrected chi connectivity index (χ0v) is 10.0. The van der Waals surface area contributed by atoms with E-state index < -0.39 is 0 Å². The molecule has 0 radical (unpaired) electrons. The molecule has 0 fully saturated rings. The van der Waals surface area contributed by atoms with E-state index in [1.165, 1.54) is 0 Å². The quantitative estimate of drug-likeness (QED) is 0.613. The van der Waals surface area contributed by atoms with Gasteiger partial charge in [0.05, 0.1) is 0 Å². The van der Waals surface area contributed by atoms with Gasteiger partial charge in [-0.3, -0.25) is 0 Å². The summed E-state index contributed by atoms with van der Waals surface area (Å²) in [5.74, 6) is 1.81. The van der Waals surface area contributed by atoms with Gasteiger partial charge in [-0.25, -0.2) is 9.97 Å². The summed E-state index contributed by atoms with van der Waals surface area (Å²) in [6, 6.07) is 0. The maximum absolute atomic E-state index is 4.38. The minimum absolute atomic E-state index is 0.832. The van der Waals surface area contributed by atoms with Crippen LogP contribution in [0.2, 0.25) is 0 Å². The molecule has 0 aromatic carbocycles. The van der Waals surface area contributed by atoms with Gasteiger partial charge in [0, 0.05) is 12.1 Å². The van der Waals surface area contributed by atoms with E-state index in [1.807, 2.05) is 13.2 Å². The largest absolute Gasteiger partial charge is 0.370 e. The van der Waals surface area contributed by atoms with Crippen molar-refractivity contribution < 1.29 is 0 Å². The molecule has 1 heterocycles. The summed E-state index contributed by atoms with van der Waals surface area (Å²) in [4.78, 5) is 8.76. The van der Waals surface area contributed by atoms with Crippen molar-refractivity contribution in [1.82, 2.24) is 9.97 Å². The first kappa shape index (κ1) is 11.3. The Balaban J connectivity index is 2.96. The van der Waals surface area contributed by atoms with E-state index in [2.05, 4.69) is 29.1 Å². The highest BCUT2D eigenvalue weighted by Gasteiger charge is 2.06. The molecule has 78 valence electrons. The second-order valence-corrected chi connectivity index (χ2v) is 3.98. The third-order valence-corrected chi connectivity index (χ3v) is 2.73. The summed E-state index contributed by atoms with van der Waals surface area (Å²) in [6.45, 7) is 7.09. The van der Waals surface area contributed by atoms with Crippen LogP contribution in [0.1, 0.15) is 24.7 Å². The van der Waals surface area contributed by atoms with E-state index in [9.17, 15) is 0 Å². The molecule has 0 saturated heterocycles. The zero-order valence-electron chi connectivity index (χ0n) is 9.22. The van der Waals surface area contributed by atoms with Crippen molar-refractivity contribution in [2.24, 2.45) is 0 Å². The number of anilines is 1. The lowest BCUT2D eigenvalue weighted by Crippen LogP contribution is -2.07. The summed E-state index contributed by atoms with van der Waals surface area (Å²) in [7, 11) is 0. The van der Waals surface area contributed by atoms with E-state index in [-0.39, 0.29) is 0 Å². The molecule has 4 heteroatoms. The summed E-state index contributed by atoms with van der Waals surface area (Å²) in [6.07, 6.45) is 3.15. The van der Waals surface area contributed by atoms with Crippen LogP contribution in [0.4, 0.5) is 5.82 Å². The molecule has 3 nitrogen and oxygen atoms in total. The van der Waals surface area contributed by atoms with Crippen molar-refractivity contribution in [2.75, 3.05) is 18.1 Å². The molecule has 0 amide bonds. The Kier molecular flexibility index (Phi) is 4.20. The predicted molar refractivity (Wildman–Crippen MR) is 62.1 cm³/mol. The third kappa shape index (κ3) is 2.61. The summed E-state index contributed by atoms with van der Waals surface area (Å²) in [5.41, 5.74) is 1.15. The van der Waals surface area contributed by atoms with Gasteiger partial charge in [-0.1, -0.05) is 6.92 Å². The van der Waals surface area contributed by atoms with Crippen molar-refractivity contribution in [3.63, 3.8) is 0 Å². The van der Waals surface area contributed by atoms with Gasteiger partial charge in [0.15, 0.2) is 0 Å². The Hall–Kier alpha value is -0.770. The highest BCUT2D eigenvalue weighted by molar-refractivity contribution is 7.98. The topological polar surface area (TPSA) is 37.8 Å². The van der Waals surface area contributed by atoms with E-state index >= 15 is 0 Å². The predicted octanol–water partition coefficient (Wildman–Crippen LogP) is 2.64. The molecule has 1 aromatic heterocycles. The average molecular weight is 211 g/mol. The van der Waals surface area contributed by atoms with Gasteiger partial charge in [-0.15, -0.1) is 11.8 Å². The number of aromatic nitrogens is 2. The Morgan fingerprint density at radius 2 is 2.00 bits per heavy atom. The average Bonchev–Trinajstić information content (AvgIpc) is 2.18. The second kappa shape index (κ2) is 5.20. The Morgan fingerprint density at radius 1 is 1.29 bits per heavy atom. The molecule has 1 aromatic rings. The van der Waals surface area contributed by atoms with Gasteiger partial charge in [0.1, 0.15) is 16.7 Å². The molecule has 0 aliphatic carbocycles. The van der Waals surface area contributed by atoms with Gasteiger partial charge in [0.25, 0.3) is 0 Å². The number of hydrogen-bond acceptors (Lipinski definition) is 4. The van der Waals surface area contributed by atoms with Crippen molar-refractivity contribution in [3.05, 3.63) is 11.4 Å². The van der Waals surface area contributed by atoms with E-state index in [4.69, 9.17) is 0 Å². The van der Waals surface area contributed by atoms with Gasteiger partial charge >= 0.3 is 0 Å². The Labute approximate surface area is 89.7 Å². The monoisotopic (exact) mass is 211 g/mol. The van der Waals surface area contributed by atoms with Gasteiger partial charge in [-0.2, -0.15) is 0 Å². The number of hydrogen-bond donors (Lipinski definition) is 1. The lowest BCUT2D eigenvalue weighted by molar-refractivity contribution is 0.909. The standard InChI is InChI=1S/C10H17N3S/c1-5-6-11-9-7(2)10(14-4)13-8(3)12-9/h5-6H2,1-4H3,(H,11,12,13). The second-order valence-electron chi connectivity index (χ2n) is 3.18. The molecule has 1 N–H and O–H groups in total. The molecular formula is C10H17N3S. The molecule has 0 spiro atoms. The summed E-state index contributed by atoms with van der Waals surface area (Å²) >= 11 is 1.67. The van der Waals surface area contributed by atoms with Crippen molar-refractivity contribution in [2.45, 2.75) is 32.2 Å². The van der Waals surface area contributed by atoms with Crippen molar-refractivity contribution >= 4 is 17.6 Å². The molecule has 0 aliphatic rings. The summed E-state index contributed by atoms with van der Waals surface area (Å²) < 4.78 is 0. The molecule has 0 atom stereocenters. The lowest BCUT2D eigenvalue weighted by Gasteiger charge is -2.10. The fourth-order valence-corrected chi connectivity index (χ4v) is 1.84. The number of aryl methyl sites for hydroxylation is 1. The van der Waals surface area contributed by atoms with Gasteiger partial charge in [-0.05, 0) is 26.5 Å². The molecule has 0 aliphatic heterocycles. The third-order valence-electron chi connectivity index (χ3n) is 1.95. The van der Waals surface area contributed by atoms with Crippen LogP contribution in [-0.4, -0.2) is 22.8 Å². The van der Waals surface area contributed by atoms with Crippen LogP contribution in [0.15, 0.2) is 5.03 Å². The Morgan fingerprint density at radius 3 is 2.57 bits per heavy atom. The van der Waals surface area contributed by atoms with Crippen LogP contribution in [0.5, 0.6) is 0 Å². The molecular weight excluding hydrogens is 194 g/mol. The van der Waals surface area contributed by atoms with Crippen LogP contribution in [0.25, 0.3) is 0 Å². The highest BCUT2D eigenvalue weighted by atomic mass is 32.2. The first-order chi connectivity index (χ1) is 6.69. The van der Waals surface area contributed by atoms with E-state index in [1.54, 1.807) is 11.8 Å². The van der Waals surface area contributed by atoms with Crippen molar-refractivity contribution in [1.29, 1.82) is 0 Å². The van der Waals surface area contributed by atoms with Crippen LogP contribution in [0.3, 0.4) is 0 Å². The first-order valence-corrected chi connectivity index (χ1v) is 6.04. The maximum atomic E-state index is 4.38. The fourth-order valence-electron chi connectivity index (χ4n) is 1.22. The molecule has 0 bridgehead atoms. The van der Waals surface area contributed by atoms with Gasteiger partial charge < -0.3 is 5.32 Å². The number of thioether (sulfide) groups is 1. The highest BCUT2D eigenvalue weighted by Crippen LogP contribution is 2.22. The van der Waals surface area contributed by atoms with Crippen LogP contribution < -0.4 is 5.32 Å². The van der Waals surface area contributed by atoms with Crippen LogP contribution >= 0.6 is 11.8 Å². The number of nitrogens with one attached hydrogen (secondary N) is 1.